The van der Waals surface area contributed by atoms with Gasteiger partial charge in [0.05, 0.1) is 12.6 Å². The first-order valence-corrected chi connectivity index (χ1v) is 13.9. The summed E-state index contributed by atoms with van der Waals surface area (Å²) in [5.74, 6) is 7.37. The Morgan fingerprint density at radius 1 is 1.18 bits per heavy atom. The minimum absolute atomic E-state index is 0.0656. The number of benzene rings is 2. The van der Waals surface area contributed by atoms with Crippen LogP contribution in [0.25, 0.3) is 11.1 Å². The van der Waals surface area contributed by atoms with Gasteiger partial charge in [0.15, 0.2) is 6.10 Å². The quantitative estimate of drug-likeness (QED) is 0.102. The van der Waals surface area contributed by atoms with Crippen LogP contribution < -0.4 is 20.1 Å². The number of carbonyl (C=O) groups excluding carboxylic acids is 1. The topological polar surface area (TPSA) is 150 Å². The van der Waals surface area contributed by atoms with Crippen molar-refractivity contribution in [2.24, 2.45) is 11.0 Å². The van der Waals surface area contributed by atoms with E-state index in [1.807, 2.05) is 31.2 Å². The third kappa shape index (κ3) is 6.64. The van der Waals surface area contributed by atoms with E-state index >= 15 is 0 Å². The number of hydrogen-bond donors (Lipinski definition) is 2. The fourth-order valence-corrected chi connectivity index (χ4v) is 4.87. The van der Waals surface area contributed by atoms with Crippen LogP contribution in [0.1, 0.15) is 55.7 Å². The van der Waals surface area contributed by atoms with Crippen molar-refractivity contribution < 1.29 is 27.4 Å². The number of nitroso groups, excluding NO2 is 1. The minimum atomic E-state index is -3.04. The third-order valence-electron chi connectivity index (χ3n) is 6.70. The number of rotatable bonds is 13. The molecule has 0 amide bonds. The summed E-state index contributed by atoms with van der Waals surface area (Å²) in [5, 5.41) is 3.11. The number of aldehydes is 1. The van der Waals surface area contributed by atoms with Gasteiger partial charge in [0.25, 0.3) is 0 Å². The molecular formula is C28H32N4O7S. The number of para-hydroxylation sites is 1. The highest BCUT2D eigenvalue weighted by Gasteiger charge is 2.29. The molecule has 2 heterocycles. The highest BCUT2D eigenvalue weighted by Crippen LogP contribution is 2.43. The predicted molar refractivity (Wildman–Crippen MR) is 149 cm³/mol. The number of thiol groups is 1. The van der Waals surface area contributed by atoms with Crippen LogP contribution in [0.4, 0.5) is 0 Å². The Morgan fingerprint density at radius 2 is 1.93 bits per heavy atom. The number of fused-ring (bicyclic) bond motifs is 1. The van der Waals surface area contributed by atoms with Gasteiger partial charge in [-0.2, -0.15) is 4.91 Å². The number of carbonyl (C=O) groups is 1. The molecule has 4 rings (SSSR count). The Hall–Kier alpha value is -3.87. The van der Waals surface area contributed by atoms with Crippen LogP contribution in [-0.4, -0.2) is 42.9 Å². The summed E-state index contributed by atoms with van der Waals surface area (Å²) < 4.78 is 41.3. The molecule has 1 unspecified atom stereocenters. The normalized spacial score (nSPS) is 15.4. The van der Waals surface area contributed by atoms with E-state index in [4.69, 9.17) is 20.1 Å². The molecule has 2 N–H and O–H groups in total. The van der Waals surface area contributed by atoms with Crippen LogP contribution in [0.3, 0.4) is 0 Å². The summed E-state index contributed by atoms with van der Waals surface area (Å²) in [7, 11) is -3.04. The molecule has 0 saturated heterocycles. The van der Waals surface area contributed by atoms with E-state index in [0.29, 0.717) is 53.3 Å². The van der Waals surface area contributed by atoms with Crippen LogP contribution in [-0.2, 0) is 15.7 Å². The van der Waals surface area contributed by atoms with Crippen LogP contribution in [0.15, 0.2) is 59.8 Å². The molecule has 40 heavy (non-hydrogen) atoms. The predicted octanol–water partition coefficient (Wildman–Crippen LogP) is 4.22. The Morgan fingerprint density at radius 3 is 2.58 bits per heavy atom. The van der Waals surface area contributed by atoms with E-state index in [0.717, 1.165) is 22.4 Å². The van der Waals surface area contributed by atoms with Crippen LogP contribution in [0, 0.1) is 11.8 Å². The van der Waals surface area contributed by atoms with Crippen molar-refractivity contribution in [2.45, 2.75) is 51.3 Å². The van der Waals surface area contributed by atoms with Crippen molar-refractivity contribution in [3.63, 3.8) is 0 Å². The summed E-state index contributed by atoms with van der Waals surface area (Å²) in [6.45, 7) is 6.05. The molecule has 0 bridgehead atoms. The average molecular weight is 569 g/mol. The molecule has 0 radical (unpaired) electrons. The van der Waals surface area contributed by atoms with Gasteiger partial charge in [-0.3, -0.25) is 5.84 Å². The summed E-state index contributed by atoms with van der Waals surface area (Å²) in [6, 6.07) is 15.6. The molecule has 1 aromatic heterocycles. The van der Waals surface area contributed by atoms with Gasteiger partial charge in [-0.1, -0.05) is 35.5 Å². The molecule has 0 fully saturated rings. The van der Waals surface area contributed by atoms with E-state index in [-0.39, 0.29) is 12.5 Å². The van der Waals surface area contributed by atoms with Crippen molar-refractivity contribution in [3.05, 3.63) is 76.3 Å². The number of hydrazine groups is 1. The smallest absolute Gasteiger partial charge is 0.217 e. The number of aromatic nitrogens is 1. The maximum absolute atomic E-state index is 11.3. The van der Waals surface area contributed by atoms with E-state index in [1.165, 1.54) is 0 Å². The highest BCUT2D eigenvalue weighted by molar-refractivity contribution is 7.69. The molecule has 3 aromatic rings. The van der Waals surface area contributed by atoms with E-state index in [1.54, 1.807) is 44.2 Å². The summed E-state index contributed by atoms with van der Waals surface area (Å²) in [5.41, 5.74) is 3.32. The van der Waals surface area contributed by atoms with Gasteiger partial charge in [0.1, 0.15) is 29.9 Å². The first-order valence-electron chi connectivity index (χ1n) is 12.7. The first kappa shape index (κ1) is 29.1. The van der Waals surface area contributed by atoms with Gasteiger partial charge in [-0.25, -0.2) is 13.4 Å². The molecule has 11 nitrogen and oxygen atoms in total. The molecule has 1 aliphatic rings. The van der Waals surface area contributed by atoms with Gasteiger partial charge in [-0.15, -0.1) is 4.41 Å². The third-order valence-corrected chi connectivity index (χ3v) is 7.36. The maximum atomic E-state index is 11.3. The Bertz CT molecular complexity index is 1440. The molecule has 2 atom stereocenters. The van der Waals surface area contributed by atoms with Gasteiger partial charge >= 0.3 is 0 Å². The van der Waals surface area contributed by atoms with Gasteiger partial charge in [0, 0.05) is 41.3 Å². The molecule has 0 spiro atoms. The van der Waals surface area contributed by atoms with Crippen molar-refractivity contribution >= 4 is 17.2 Å². The van der Waals surface area contributed by atoms with Gasteiger partial charge in [0.2, 0.25) is 16.8 Å². The number of nitrogens with zero attached hydrogens (tertiary/aromatic N) is 3. The van der Waals surface area contributed by atoms with Crippen molar-refractivity contribution in [2.75, 3.05) is 13.2 Å². The largest absolute Gasteiger partial charge is 0.488 e. The molecule has 0 saturated carbocycles. The average Bonchev–Trinajstić information content (AvgIpc) is 3.35. The molecule has 212 valence electrons. The summed E-state index contributed by atoms with van der Waals surface area (Å²) >= 11 is 0. The van der Waals surface area contributed by atoms with Gasteiger partial charge < -0.3 is 19.0 Å². The molecule has 0 aliphatic carbocycles. The number of nitrogens with two attached hydrogens (primary N) is 1. The van der Waals surface area contributed by atoms with E-state index in [9.17, 15) is 18.1 Å². The van der Waals surface area contributed by atoms with Crippen molar-refractivity contribution in [3.8, 4) is 28.5 Å². The van der Waals surface area contributed by atoms with E-state index in [2.05, 4.69) is 10.2 Å². The number of hydrogen-bond acceptors (Lipinski definition) is 10. The monoisotopic (exact) mass is 568 g/mol. The SMILES string of the molecule is Cc1nc(OCCC(C)(C)N=O)ccc1-c1cccc2c1OC[C@H]2Oc1ccc(C(CC=O)N(N)[SH](=O)=O)cc1. The zero-order chi connectivity index (χ0) is 28.9. The first-order chi connectivity index (χ1) is 19.1. The van der Waals surface area contributed by atoms with Gasteiger partial charge in [-0.05, 0) is 44.5 Å². The second-order valence-corrected chi connectivity index (χ2v) is 11.0. The fraction of sp³-hybridized carbons (Fsp3) is 0.357. The van der Waals surface area contributed by atoms with E-state index < -0.39 is 22.5 Å². The Kier molecular flexibility index (Phi) is 9.13. The standard InChI is InChI=1S/C28H32N4O7S/c1-18-21(11-12-26(30-18)37-16-14-28(2,3)31-34)22-5-4-6-23-25(17-38-27(22)23)39-20-9-7-19(8-10-20)24(13-15-33)32(29)40(35)36/h4-12,15,24-25,40H,13-14,16-17,29H2,1-3H3/t24?,25-/m1/s1. The second-order valence-electron chi connectivity index (χ2n) is 10.0. The number of aryl methyl sites for hydroxylation is 1. The molecular weight excluding hydrogens is 536 g/mol. The lowest BCUT2D eigenvalue weighted by atomic mass is 9.99. The lowest BCUT2D eigenvalue weighted by Gasteiger charge is -2.21. The second kappa shape index (κ2) is 12.5. The minimum Gasteiger partial charge on any atom is -0.488 e. The van der Waals surface area contributed by atoms with Crippen LogP contribution in [0.5, 0.6) is 17.4 Å². The Balaban J connectivity index is 1.48. The molecule has 12 heteroatoms. The lowest BCUT2D eigenvalue weighted by Crippen LogP contribution is -2.34. The molecule has 1 aliphatic heterocycles. The highest BCUT2D eigenvalue weighted by atomic mass is 32.2. The van der Waals surface area contributed by atoms with Crippen LogP contribution in [0.2, 0.25) is 0 Å². The lowest BCUT2D eigenvalue weighted by molar-refractivity contribution is -0.108. The number of ether oxygens (including phenoxy) is 3. The fourth-order valence-electron chi connectivity index (χ4n) is 4.42. The molecule has 2 aromatic carbocycles. The Labute approximate surface area is 234 Å². The van der Waals surface area contributed by atoms with Crippen molar-refractivity contribution in [1.82, 2.24) is 9.40 Å². The number of pyridine rings is 1. The summed E-state index contributed by atoms with van der Waals surface area (Å²) in [4.78, 5) is 26.5. The van der Waals surface area contributed by atoms with Crippen LogP contribution >= 0.6 is 0 Å². The zero-order valence-electron chi connectivity index (χ0n) is 22.5. The maximum Gasteiger partial charge on any atom is 0.217 e. The van der Waals surface area contributed by atoms with Crippen molar-refractivity contribution in [1.29, 1.82) is 0 Å². The summed E-state index contributed by atoms with van der Waals surface area (Å²) in [6.07, 6.45) is 0.684. The zero-order valence-corrected chi connectivity index (χ0v) is 23.4.